The van der Waals surface area contributed by atoms with E-state index in [1.165, 1.54) is 11.5 Å². The smallest absolute Gasteiger partial charge is 0.254 e. The molecule has 0 fully saturated rings. The van der Waals surface area contributed by atoms with Crippen LogP contribution in [0, 0.1) is 13.8 Å². The standard InChI is InChI=1S/C12H15N5OS/c1-7-10(8(2)19-16-7)12(18)15-9-4-3-5-17-11(9)13-6-14-17/h6,9H,3-5H2,1-2H3,(H,15,18). The number of hydrogen-bond donors (Lipinski definition) is 1. The predicted molar refractivity (Wildman–Crippen MR) is 71.1 cm³/mol. The molecule has 0 saturated heterocycles. The summed E-state index contributed by atoms with van der Waals surface area (Å²) in [5, 5.41) is 7.21. The van der Waals surface area contributed by atoms with Crippen molar-refractivity contribution >= 4 is 17.4 Å². The van der Waals surface area contributed by atoms with E-state index in [4.69, 9.17) is 0 Å². The minimum Gasteiger partial charge on any atom is -0.342 e. The number of rotatable bonds is 2. The number of carbonyl (C=O) groups excluding carboxylic acids is 1. The Morgan fingerprint density at radius 1 is 1.53 bits per heavy atom. The summed E-state index contributed by atoms with van der Waals surface area (Å²) < 4.78 is 6.07. The van der Waals surface area contributed by atoms with Gasteiger partial charge in [-0.1, -0.05) is 0 Å². The molecule has 100 valence electrons. The summed E-state index contributed by atoms with van der Waals surface area (Å²) in [6.07, 6.45) is 3.45. The number of amides is 1. The van der Waals surface area contributed by atoms with Gasteiger partial charge in [-0.05, 0) is 38.2 Å². The fourth-order valence-electron chi connectivity index (χ4n) is 2.46. The van der Waals surface area contributed by atoms with Crippen molar-refractivity contribution in [2.75, 3.05) is 0 Å². The third kappa shape index (κ3) is 2.14. The minimum atomic E-state index is -0.0646. The van der Waals surface area contributed by atoms with E-state index in [0.29, 0.717) is 5.56 Å². The molecule has 1 aliphatic heterocycles. The van der Waals surface area contributed by atoms with Gasteiger partial charge in [0.2, 0.25) is 0 Å². The van der Waals surface area contributed by atoms with E-state index in [1.807, 2.05) is 18.5 Å². The van der Waals surface area contributed by atoms with E-state index in [9.17, 15) is 4.79 Å². The van der Waals surface area contributed by atoms with Crippen LogP contribution in [0.4, 0.5) is 0 Å². The Morgan fingerprint density at radius 3 is 3.11 bits per heavy atom. The van der Waals surface area contributed by atoms with Crippen LogP contribution in [0.25, 0.3) is 0 Å². The first-order valence-electron chi connectivity index (χ1n) is 6.28. The SMILES string of the molecule is Cc1nsc(C)c1C(=O)NC1CCCn2ncnc21. The molecule has 0 bridgehead atoms. The molecule has 19 heavy (non-hydrogen) atoms. The molecule has 1 atom stereocenters. The van der Waals surface area contributed by atoms with E-state index in [0.717, 1.165) is 35.8 Å². The average Bonchev–Trinajstić information content (AvgIpc) is 2.97. The Kier molecular flexibility index (Phi) is 3.06. The van der Waals surface area contributed by atoms with Crippen molar-refractivity contribution in [2.45, 2.75) is 39.3 Å². The Labute approximate surface area is 115 Å². The van der Waals surface area contributed by atoms with Crippen molar-refractivity contribution in [2.24, 2.45) is 0 Å². The highest BCUT2D eigenvalue weighted by Crippen LogP contribution is 2.24. The molecule has 0 radical (unpaired) electrons. The third-order valence-electron chi connectivity index (χ3n) is 3.39. The summed E-state index contributed by atoms with van der Waals surface area (Å²) in [4.78, 5) is 17.5. The summed E-state index contributed by atoms with van der Waals surface area (Å²) in [7, 11) is 0. The minimum absolute atomic E-state index is 0.0533. The highest BCUT2D eigenvalue weighted by Gasteiger charge is 2.26. The topological polar surface area (TPSA) is 72.7 Å². The first kappa shape index (κ1) is 12.3. The van der Waals surface area contributed by atoms with Gasteiger partial charge >= 0.3 is 0 Å². The van der Waals surface area contributed by atoms with Gasteiger partial charge in [0, 0.05) is 11.4 Å². The molecule has 3 rings (SSSR count). The molecule has 2 aromatic rings. The number of fused-ring (bicyclic) bond motifs is 1. The van der Waals surface area contributed by atoms with Crippen molar-refractivity contribution in [3.63, 3.8) is 0 Å². The lowest BCUT2D eigenvalue weighted by Crippen LogP contribution is -2.33. The summed E-state index contributed by atoms with van der Waals surface area (Å²) >= 11 is 1.36. The van der Waals surface area contributed by atoms with Crippen LogP contribution in [0.15, 0.2) is 6.33 Å². The van der Waals surface area contributed by atoms with Gasteiger partial charge in [0.25, 0.3) is 5.91 Å². The molecule has 6 nitrogen and oxygen atoms in total. The van der Waals surface area contributed by atoms with E-state index < -0.39 is 0 Å². The first-order valence-corrected chi connectivity index (χ1v) is 7.05. The zero-order chi connectivity index (χ0) is 13.4. The maximum atomic E-state index is 12.3. The lowest BCUT2D eigenvalue weighted by Gasteiger charge is -2.23. The molecule has 0 spiro atoms. The second kappa shape index (κ2) is 4.73. The quantitative estimate of drug-likeness (QED) is 0.905. The van der Waals surface area contributed by atoms with Gasteiger partial charge in [-0.3, -0.25) is 4.79 Å². The van der Waals surface area contributed by atoms with Crippen molar-refractivity contribution < 1.29 is 4.79 Å². The number of aryl methyl sites for hydroxylation is 3. The van der Waals surface area contributed by atoms with Crippen LogP contribution in [0.2, 0.25) is 0 Å². The largest absolute Gasteiger partial charge is 0.342 e. The molecule has 1 aliphatic rings. The molecule has 3 heterocycles. The number of nitrogens with one attached hydrogen (secondary N) is 1. The summed E-state index contributed by atoms with van der Waals surface area (Å²) in [5.74, 6) is 0.781. The van der Waals surface area contributed by atoms with Gasteiger partial charge in [0.05, 0.1) is 17.3 Å². The van der Waals surface area contributed by atoms with Crippen LogP contribution in [-0.2, 0) is 6.54 Å². The monoisotopic (exact) mass is 277 g/mol. The van der Waals surface area contributed by atoms with Gasteiger partial charge in [-0.2, -0.15) is 9.47 Å². The zero-order valence-electron chi connectivity index (χ0n) is 10.9. The van der Waals surface area contributed by atoms with Crippen molar-refractivity contribution in [1.82, 2.24) is 24.5 Å². The van der Waals surface area contributed by atoms with Crippen LogP contribution in [0.5, 0.6) is 0 Å². The maximum Gasteiger partial charge on any atom is 0.254 e. The third-order valence-corrected chi connectivity index (χ3v) is 4.23. The van der Waals surface area contributed by atoms with Crippen LogP contribution in [0.1, 0.15) is 45.6 Å². The molecular weight excluding hydrogens is 262 g/mol. The Hall–Kier alpha value is -1.76. The van der Waals surface area contributed by atoms with Gasteiger partial charge < -0.3 is 5.32 Å². The van der Waals surface area contributed by atoms with Gasteiger partial charge in [-0.25, -0.2) is 9.67 Å². The van der Waals surface area contributed by atoms with E-state index in [2.05, 4.69) is 19.8 Å². The molecule has 7 heteroatoms. The van der Waals surface area contributed by atoms with Gasteiger partial charge in [0.15, 0.2) is 0 Å². The van der Waals surface area contributed by atoms with Gasteiger partial charge in [0.1, 0.15) is 12.2 Å². The molecule has 1 unspecified atom stereocenters. The van der Waals surface area contributed by atoms with Gasteiger partial charge in [-0.15, -0.1) is 0 Å². The number of nitrogens with zero attached hydrogens (tertiary/aromatic N) is 4. The Balaban J connectivity index is 1.82. The van der Waals surface area contributed by atoms with E-state index >= 15 is 0 Å². The first-order chi connectivity index (χ1) is 9.16. The van der Waals surface area contributed by atoms with E-state index in [-0.39, 0.29) is 11.9 Å². The van der Waals surface area contributed by atoms with Crippen LogP contribution in [-0.4, -0.2) is 25.0 Å². The Bertz CT molecular complexity index is 598. The second-order valence-corrected chi connectivity index (χ2v) is 5.69. The normalized spacial score (nSPS) is 18.1. The molecule has 0 saturated carbocycles. The van der Waals surface area contributed by atoms with Crippen LogP contribution in [0.3, 0.4) is 0 Å². The lowest BCUT2D eigenvalue weighted by molar-refractivity contribution is 0.0926. The maximum absolute atomic E-state index is 12.3. The van der Waals surface area contributed by atoms with Crippen LogP contribution >= 0.6 is 11.5 Å². The van der Waals surface area contributed by atoms with Crippen molar-refractivity contribution in [3.05, 3.63) is 28.3 Å². The Morgan fingerprint density at radius 2 is 2.37 bits per heavy atom. The second-order valence-electron chi connectivity index (χ2n) is 4.71. The summed E-state index contributed by atoms with van der Waals surface area (Å²) in [6, 6.07) is -0.0533. The molecule has 2 aromatic heterocycles. The molecule has 0 aromatic carbocycles. The molecule has 0 aliphatic carbocycles. The fraction of sp³-hybridized carbons (Fsp3) is 0.500. The highest BCUT2D eigenvalue weighted by molar-refractivity contribution is 7.06. The average molecular weight is 277 g/mol. The number of aromatic nitrogens is 4. The predicted octanol–water partition coefficient (Wildman–Crippen LogP) is 1.62. The van der Waals surface area contributed by atoms with Crippen molar-refractivity contribution in [1.29, 1.82) is 0 Å². The lowest BCUT2D eigenvalue weighted by atomic mass is 10.1. The number of carbonyl (C=O) groups is 1. The number of hydrogen-bond acceptors (Lipinski definition) is 5. The summed E-state index contributed by atoms with van der Waals surface area (Å²) in [6.45, 7) is 4.66. The highest BCUT2D eigenvalue weighted by atomic mass is 32.1. The molecule has 1 amide bonds. The van der Waals surface area contributed by atoms with E-state index in [1.54, 1.807) is 6.33 Å². The zero-order valence-corrected chi connectivity index (χ0v) is 11.7. The summed E-state index contributed by atoms with van der Waals surface area (Å²) in [5.41, 5.74) is 1.49. The molecular formula is C12H15N5OS. The van der Waals surface area contributed by atoms with Crippen LogP contribution < -0.4 is 5.32 Å². The van der Waals surface area contributed by atoms with Crippen molar-refractivity contribution in [3.8, 4) is 0 Å². The molecule has 1 N–H and O–H groups in total. The fourth-order valence-corrected chi connectivity index (χ4v) is 3.16.